The van der Waals surface area contributed by atoms with Crippen molar-refractivity contribution in [3.8, 4) is 17.5 Å². The first-order valence-electron chi connectivity index (χ1n) is 8.69. The van der Waals surface area contributed by atoms with Gasteiger partial charge in [0, 0.05) is 24.3 Å². The summed E-state index contributed by atoms with van der Waals surface area (Å²) in [7, 11) is 0. The van der Waals surface area contributed by atoms with Gasteiger partial charge in [-0.2, -0.15) is 41.3 Å². The zero-order chi connectivity index (χ0) is 22.9. The van der Waals surface area contributed by atoms with E-state index in [-0.39, 0.29) is 29.1 Å². The molecule has 0 bridgehead atoms. The third-order valence-corrected chi connectivity index (χ3v) is 3.93. The normalized spacial score (nSPS) is 12.1. The number of imidazole rings is 1. The molecule has 0 unspecified atom stereocenters. The van der Waals surface area contributed by atoms with Gasteiger partial charge in [0.05, 0.1) is 0 Å². The van der Waals surface area contributed by atoms with Crippen molar-refractivity contribution < 1.29 is 26.3 Å². The molecule has 0 aliphatic rings. The van der Waals surface area contributed by atoms with E-state index >= 15 is 0 Å². The molecule has 4 aromatic heterocycles. The number of hydrogen-bond acceptors (Lipinski definition) is 7. The van der Waals surface area contributed by atoms with E-state index in [0.717, 1.165) is 24.4 Å². The monoisotopic (exact) mass is 452 g/mol. The Hall–Kier alpha value is -4.10. The van der Waals surface area contributed by atoms with Crippen LogP contribution in [0.2, 0.25) is 0 Å². The Kier molecular flexibility index (Phi) is 5.20. The predicted molar refractivity (Wildman–Crippen MR) is 97.7 cm³/mol. The second kappa shape index (κ2) is 7.86. The first kappa shape index (κ1) is 21.1. The molecule has 8 nitrogen and oxygen atoms in total. The van der Waals surface area contributed by atoms with Gasteiger partial charge in [-0.25, -0.2) is 9.97 Å². The highest BCUT2D eigenvalue weighted by molar-refractivity contribution is 5.58. The molecule has 32 heavy (non-hydrogen) atoms. The van der Waals surface area contributed by atoms with Crippen LogP contribution in [0.4, 0.5) is 38.0 Å². The first-order chi connectivity index (χ1) is 15.1. The average molecular weight is 452 g/mol. The van der Waals surface area contributed by atoms with Crippen molar-refractivity contribution in [1.29, 1.82) is 0 Å². The van der Waals surface area contributed by atoms with Crippen LogP contribution in [0.5, 0.6) is 0 Å². The first-order valence-corrected chi connectivity index (χ1v) is 8.69. The third kappa shape index (κ3) is 4.63. The van der Waals surface area contributed by atoms with Crippen LogP contribution in [-0.4, -0.2) is 34.5 Å². The highest BCUT2D eigenvalue weighted by Crippen LogP contribution is 2.30. The summed E-state index contributed by atoms with van der Waals surface area (Å²) in [5, 5.41) is 2.59. The van der Waals surface area contributed by atoms with Gasteiger partial charge in [0.2, 0.25) is 11.9 Å². The largest absolute Gasteiger partial charge is 0.433 e. The molecule has 164 valence electrons. The van der Waals surface area contributed by atoms with Gasteiger partial charge >= 0.3 is 12.4 Å². The van der Waals surface area contributed by atoms with Crippen LogP contribution < -0.4 is 5.32 Å². The fourth-order valence-electron chi connectivity index (χ4n) is 2.54. The van der Waals surface area contributed by atoms with Crippen LogP contribution in [-0.2, 0) is 12.4 Å². The molecule has 0 aromatic carbocycles. The van der Waals surface area contributed by atoms with Gasteiger partial charge in [0.1, 0.15) is 23.4 Å². The molecule has 0 spiro atoms. The van der Waals surface area contributed by atoms with Crippen molar-refractivity contribution in [3.05, 3.63) is 66.6 Å². The molecule has 0 fully saturated rings. The zero-order valence-electron chi connectivity index (χ0n) is 15.6. The quantitative estimate of drug-likeness (QED) is 0.462. The topological polar surface area (TPSA) is 94.3 Å². The molecule has 0 saturated carbocycles. The lowest BCUT2D eigenvalue weighted by Crippen LogP contribution is -2.11. The van der Waals surface area contributed by atoms with Gasteiger partial charge < -0.3 is 5.32 Å². The van der Waals surface area contributed by atoms with E-state index < -0.39 is 23.7 Å². The number of rotatable bonds is 4. The molecule has 4 rings (SSSR count). The number of alkyl halides is 6. The highest BCUT2D eigenvalue weighted by Gasteiger charge is 2.33. The maximum Gasteiger partial charge on any atom is 0.433 e. The summed E-state index contributed by atoms with van der Waals surface area (Å²) < 4.78 is 79.3. The van der Waals surface area contributed by atoms with Crippen LogP contribution in [0.3, 0.4) is 0 Å². The summed E-state index contributed by atoms with van der Waals surface area (Å²) in [6.45, 7) is 0. The van der Waals surface area contributed by atoms with Gasteiger partial charge in [0.25, 0.3) is 0 Å². The number of anilines is 2. The minimum Gasteiger partial charge on any atom is -0.324 e. The minimum atomic E-state index is -4.69. The number of halogens is 6. The van der Waals surface area contributed by atoms with E-state index in [2.05, 4.69) is 35.2 Å². The van der Waals surface area contributed by atoms with E-state index in [0.29, 0.717) is 0 Å². The Bertz CT molecular complexity index is 1240. The summed E-state index contributed by atoms with van der Waals surface area (Å²) in [6.07, 6.45) is -4.21. The lowest BCUT2D eigenvalue weighted by molar-refractivity contribution is -0.141. The maximum atomic E-state index is 13.0. The van der Waals surface area contributed by atoms with Crippen LogP contribution in [0.15, 0.2) is 55.2 Å². The van der Waals surface area contributed by atoms with Crippen molar-refractivity contribution in [2.24, 2.45) is 0 Å². The SMILES string of the molecule is FC(F)(F)c1cc(Nc2nc(-c3cccc(C(F)(F)F)n3)nc(-n3ccnc3)n2)ccn1. The van der Waals surface area contributed by atoms with Gasteiger partial charge in [-0.05, 0) is 24.3 Å². The molecular formula is C18H10F6N8. The Morgan fingerprint density at radius 1 is 0.812 bits per heavy atom. The predicted octanol–water partition coefficient (Wildman–Crippen LogP) is 4.30. The average Bonchev–Trinajstić information content (AvgIpc) is 3.28. The molecule has 0 saturated heterocycles. The summed E-state index contributed by atoms with van der Waals surface area (Å²) in [4.78, 5) is 22.9. The Balaban J connectivity index is 1.78. The lowest BCUT2D eigenvalue weighted by Gasteiger charge is -2.11. The molecule has 4 aromatic rings. The van der Waals surface area contributed by atoms with E-state index in [1.807, 2.05) is 0 Å². The summed E-state index contributed by atoms with van der Waals surface area (Å²) >= 11 is 0. The molecule has 1 N–H and O–H groups in total. The molecule has 0 radical (unpaired) electrons. The van der Waals surface area contributed by atoms with Crippen molar-refractivity contribution in [3.63, 3.8) is 0 Å². The fourth-order valence-corrected chi connectivity index (χ4v) is 2.54. The van der Waals surface area contributed by atoms with Crippen LogP contribution in [0, 0.1) is 0 Å². The molecule has 0 aliphatic carbocycles. The van der Waals surface area contributed by atoms with E-state index in [1.54, 1.807) is 0 Å². The molecule has 0 atom stereocenters. The zero-order valence-corrected chi connectivity index (χ0v) is 15.6. The van der Waals surface area contributed by atoms with E-state index in [4.69, 9.17) is 0 Å². The molecule has 14 heteroatoms. The third-order valence-electron chi connectivity index (χ3n) is 3.93. The van der Waals surface area contributed by atoms with Crippen molar-refractivity contribution in [1.82, 2.24) is 34.5 Å². The summed E-state index contributed by atoms with van der Waals surface area (Å²) in [5.41, 5.74) is -2.56. The summed E-state index contributed by atoms with van der Waals surface area (Å²) in [5.74, 6) is -0.501. The number of aromatic nitrogens is 7. The fraction of sp³-hybridized carbons (Fsp3) is 0.111. The van der Waals surface area contributed by atoms with Gasteiger partial charge in [-0.3, -0.25) is 9.55 Å². The molecule has 0 aliphatic heterocycles. The van der Waals surface area contributed by atoms with E-state index in [1.165, 1.54) is 35.4 Å². The van der Waals surface area contributed by atoms with Gasteiger partial charge in [0.15, 0.2) is 5.82 Å². The molecular weight excluding hydrogens is 442 g/mol. The highest BCUT2D eigenvalue weighted by atomic mass is 19.4. The van der Waals surface area contributed by atoms with Gasteiger partial charge in [-0.15, -0.1) is 0 Å². The Labute approximate surface area is 175 Å². The number of nitrogens with one attached hydrogen (secondary N) is 1. The van der Waals surface area contributed by atoms with Crippen molar-refractivity contribution in [2.45, 2.75) is 12.4 Å². The van der Waals surface area contributed by atoms with Crippen LogP contribution in [0.25, 0.3) is 17.5 Å². The number of pyridine rings is 2. The number of nitrogens with zero attached hydrogens (tertiary/aromatic N) is 7. The smallest absolute Gasteiger partial charge is 0.324 e. The second-order valence-corrected chi connectivity index (χ2v) is 6.21. The summed E-state index contributed by atoms with van der Waals surface area (Å²) in [6, 6.07) is 5.18. The van der Waals surface area contributed by atoms with Gasteiger partial charge in [-0.1, -0.05) is 6.07 Å². The molecule has 4 heterocycles. The Morgan fingerprint density at radius 3 is 2.28 bits per heavy atom. The maximum absolute atomic E-state index is 13.0. The number of hydrogen-bond donors (Lipinski definition) is 1. The molecule has 0 amide bonds. The van der Waals surface area contributed by atoms with Crippen LogP contribution >= 0.6 is 0 Å². The lowest BCUT2D eigenvalue weighted by atomic mass is 10.3. The van der Waals surface area contributed by atoms with Crippen molar-refractivity contribution >= 4 is 11.6 Å². The standard InChI is InChI=1S/C18H10F6N8/c19-17(20,21)12-3-1-2-11(28-12)14-29-15(31-16(30-14)32-7-6-25-9-32)27-10-4-5-26-13(8-10)18(22,23)24/h1-9H,(H,26,27,29,30,31). The Morgan fingerprint density at radius 2 is 1.59 bits per heavy atom. The van der Waals surface area contributed by atoms with Crippen molar-refractivity contribution in [2.75, 3.05) is 5.32 Å². The minimum absolute atomic E-state index is 0.0423. The van der Waals surface area contributed by atoms with Crippen LogP contribution in [0.1, 0.15) is 11.4 Å². The van der Waals surface area contributed by atoms with E-state index in [9.17, 15) is 26.3 Å². The second-order valence-electron chi connectivity index (χ2n) is 6.21.